The average molecular weight is 340 g/mol. The van der Waals surface area contributed by atoms with E-state index in [4.69, 9.17) is 25.8 Å². The van der Waals surface area contributed by atoms with E-state index >= 15 is 0 Å². The maximum Gasteiger partial charge on any atom is 0.263 e. The number of ether oxygens (including phenoxy) is 3. The van der Waals surface area contributed by atoms with Gasteiger partial charge >= 0.3 is 0 Å². The number of rotatable bonds is 4. The first-order valence-corrected chi connectivity index (χ1v) is 8.45. The molecule has 0 aliphatic carbocycles. The molecular formula is C17H22ClNO4. The van der Waals surface area contributed by atoms with Crippen molar-refractivity contribution >= 4 is 17.5 Å². The van der Waals surface area contributed by atoms with Crippen molar-refractivity contribution < 1.29 is 19.0 Å². The van der Waals surface area contributed by atoms with Crippen LogP contribution in [-0.4, -0.2) is 49.5 Å². The number of piperidine rings is 1. The van der Waals surface area contributed by atoms with E-state index in [1.54, 1.807) is 31.2 Å². The lowest BCUT2D eigenvalue weighted by Gasteiger charge is -2.35. The molecule has 0 saturated carbocycles. The monoisotopic (exact) mass is 339 g/mol. The van der Waals surface area contributed by atoms with Crippen LogP contribution in [0.1, 0.15) is 19.8 Å². The van der Waals surface area contributed by atoms with Crippen LogP contribution in [0.25, 0.3) is 0 Å². The molecule has 1 atom stereocenters. The van der Waals surface area contributed by atoms with Gasteiger partial charge in [0, 0.05) is 24.0 Å². The predicted octanol–water partition coefficient (Wildman–Crippen LogP) is 2.72. The molecule has 1 unspecified atom stereocenters. The molecule has 0 N–H and O–H groups in total. The summed E-state index contributed by atoms with van der Waals surface area (Å²) in [6.07, 6.45) is 1.22. The number of hydrogen-bond donors (Lipinski definition) is 0. The Labute approximate surface area is 141 Å². The standard InChI is InChI=1S/C17H22ClNO4/c1-12(23-15-4-2-14(18)3-5-15)16(20)19-8-6-13(7-9-19)17-21-10-11-22-17/h2-5,12-13,17H,6-11H2,1H3. The van der Waals surface area contributed by atoms with Crippen LogP contribution in [0, 0.1) is 5.92 Å². The molecule has 0 radical (unpaired) electrons. The number of amides is 1. The minimum atomic E-state index is -0.508. The summed E-state index contributed by atoms with van der Waals surface area (Å²) < 4.78 is 16.8. The van der Waals surface area contributed by atoms with E-state index in [9.17, 15) is 4.79 Å². The minimum absolute atomic E-state index is 0.0201. The van der Waals surface area contributed by atoms with Crippen molar-refractivity contribution in [3.05, 3.63) is 29.3 Å². The van der Waals surface area contributed by atoms with Crippen LogP contribution in [0.5, 0.6) is 5.75 Å². The smallest absolute Gasteiger partial charge is 0.263 e. The number of halogens is 1. The summed E-state index contributed by atoms with van der Waals surface area (Å²) in [6.45, 7) is 4.58. The zero-order chi connectivity index (χ0) is 16.2. The molecule has 0 spiro atoms. The molecule has 1 aromatic rings. The maximum atomic E-state index is 12.5. The highest BCUT2D eigenvalue weighted by Crippen LogP contribution is 2.26. The fraction of sp³-hybridized carbons (Fsp3) is 0.588. The summed E-state index contributed by atoms with van der Waals surface area (Å²) in [5, 5.41) is 0.648. The van der Waals surface area contributed by atoms with Gasteiger partial charge in [-0.2, -0.15) is 0 Å². The van der Waals surface area contributed by atoms with Gasteiger partial charge in [-0.05, 0) is 44.0 Å². The molecule has 2 aliphatic heterocycles. The molecule has 2 aliphatic rings. The number of carbonyl (C=O) groups is 1. The van der Waals surface area contributed by atoms with Crippen molar-refractivity contribution in [1.29, 1.82) is 0 Å². The summed E-state index contributed by atoms with van der Waals surface area (Å²) >= 11 is 5.85. The molecule has 0 bridgehead atoms. The first kappa shape index (κ1) is 16.6. The van der Waals surface area contributed by atoms with Gasteiger partial charge in [0.15, 0.2) is 12.4 Å². The van der Waals surface area contributed by atoms with Crippen LogP contribution in [-0.2, 0) is 14.3 Å². The fourth-order valence-electron chi connectivity index (χ4n) is 3.07. The second-order valence-electron chi connectivity index (χ2n) is 5.99. The summed E-state index contributed by atoms with van der Waals surface area (Å²) in [6, 6.07) is 7.04. The third kappa shape index (κ3) is 4.16. The quantitative estimate of drug-likeness (QED) is 0.846. The second-order valence-corrected chi connectivity index (χ2v) is 6.42. The van der Waals surface area contributed by atoms with Gasteiger partial charge in [-0.25, -0.2) is 0 Å². The van der Waals surface area contributed by atoms with Crippen molar-refractivity contribution in [3.63, 3.8) is 0 Å². The van der Waals surface area contributed by atoms with Crippen molar-refractivity contribution in [2.75, 3.05) is 26.3 Å². The zero-order valence-corrected chi connectivity index (χ0v) is 14.0. The Hall–Kier alpha value is -1.30. The normalized spacial score (nSPS) is 21.4. The SMILES string of the molecule is CC(Oc1ccc(Cl)cc1)C(=O)N1CCC(C2OCCO2)CC1. The summed E-state index contributed by atoms with van der Waals surface area (Å²) in [7, 11) is 0. The molecule has 2 fully saturated rings. The van der Waals surface area contributed by atoms with E-state index < -0.39 is 6.10 Å². The van der Waals surface area contributed by atoms with Gasteiger partial charge in [0.25, 0.3) is 5.91 Å². The topological polar surface area (TPSA) is 48.0 Å². The summed E-state index contributed by atoms with van der Waals surface area (Å²) in [5.74, 6) is 1.05. The van der Waals surface area contributed by atoms with E-state index in [1.165, 1.54) is 0 Å². The van der Waals surface area contributed by atoms with E-state index in [-0.39, 0.29) is 12.2 Å². The molecule has 2 saturated heterocycles. The van der Waals surface area contributed by atoms with Crippen molar-refractivity contribution in [3.8, 4) is 5.75 Å². The third-order valence-corrected chi connectivity index (χ3v) is 4.61. The molecule has 3 rings (SSSR count). The van der Waals surface area contributed by atoms with E-state index in [0.29, 0.717) is 29.9 Å². The zero-order valence-electron chi connectivity index (χ0n) is 13.2. The average Bonchev–Trinajstić information content (AvgIpc) is 3.11. The molecule has 0 aromatic heterocycles. The molecule has 1 aromatic carbocycles. The van der Waals surface area contributed by atoms with Gasteiger partial charge in [-0.15, -0.1) is 0 Å². The Kier molecular flexibility index (Phi) is 5.41. The highest BCUT2D eigenvalue weighted by atomic mass is 35.5. The van der Waals surface area contributed by atoms with E-state index in [2.05, 4.69) is 0 Å². The lowest BCUT2D eigenvalue weighted by Crippen LogP contribution is -2.46. The summed E-state index contributed by atoms with van der Waals surface area (Å²) in [5.41, 5.74) is 0. The minimum Gasteiger partial charge on any atom is -0.481 e. The van der Waals surface area contributed by atoms with Crippen LogP contribution >= 0.6 is 11.6 Å². The van der Waals surface area contributed by atoms with Crippen molar-refractivity contribution in [2.24, 2.45) is 5.92 Å². The lowest BCUT2D eigenvalue weighted by molar-refractivity contribution is -0.143. The molecule has 23 heavy (non-hydrogen) atoms. The Morgan fingerprint density at radius 3 is 2.43 bits per heavy atom. The first-order chi connectivity index (χ1) is 11.1. The maximum absolute atomic E-state index is 12.5. The molecule has 6 heteroatoms. The number of hydrogen-bond acceptors (Lipinski definition) is 4. The number of likely N-dealkylation sites (tertiary alicyclic amines) is 1. The Morgan fingerprint density at radius 1 is 1.22 bits per heavy atom. The Balaban J connectivity index is 1.49. The fourth-order valence-corrected chi connectivity index (χ4v) is 3.19. The van der Waals surface area contributed by atoms with Crippen LogP contribution in [0.15, 0.2) is 24.3 Å². The van der Waals surface area contributed by atoms with Crippen molar-refractivity contribution in [2.45, 2.75) is 32.2 Å². The third-order valence-electron chi connectivity index (χ3n) is 4.36. The van der Waals surface area contributed by atoms with Crippen LogP contribution < -0.4 is 4.74 Å². The Bertz CT molecular complexity index is 522. The van der Waals surface area contributed by atoms with Crippen molar-refractivity contribution in [1.82, 2.24) is 4.90 Å². The highest BCUT2D eigenvalue weighted by molar-refractivity contribution is 6.30. The highest BCUT2D eigenvalue weighted by Gasteiger charge is 2.33. The number of carbonyl (C=O) groups excluding carboxylic acids is 1. The van der Waals surface area contributed by atoms with E-state index in [0.717, 1.165) is 25.9 Å². The number of nitrogens with zero attached hydrogens (tertiary/aromatic N) is 1. The second kappa shape index (κ2) is 7.51. The van der Waals surface area contributed by atoms with Gasteiger partial charge in [-0.3, -0.25) is 4.79 Å². The Morgan fingerprint density at radius 2 is 1.83 bits per heavy atom. The lowest BCUT2D eigenvalue weighted by atomic mass is 9.96. The van der Waals surface area contributed by atoms with Gasteiger partial charge in [0.05, 0.1) is 13.2 Å². The van der Waals surface area contributed by atoms with Gasteiger partial charge in [0.2, 0.25) is 0 Å². The van der Waals surface area contributed by atoms with Gasteiger partial charge in [-0.1, -0.05) is 11.6 Å². The predicted molar refractivity (Wildman–Crippen MR) is 86.5 cm³/mol. The van der Waals surface area contributed by atoms with Crippen LogP contribution in [0.3, 0.4) is 0 Å². The molecule has 2 heterocycles. The largest absolute Gasteiger partial charge is 0.481 e. The van der Waals surface area contributed by atoms with Crippen LogP contribution in [0.2, 0.25) is 5.02 Å². The molecule has 5 nitrogen and oxygen atoms in total. The van der Waals surface area contributed by atoms with Gasteiger partial charge in [0.1, 0.15) is 5.75 Å². The molecular weight excluding hydrogens is 318 g/mol. The first-order valence-electron chi connectivity index (χ1n) is 8.07. The molecule has 1 amide bonds. The van der Waals surface area contributed by atoms with Crippen LogP contribution in [0.4, 0.5) is 0 Å². The number of benzene rings is 1. The van der Waals surface area contributed by atoms with E-state index in [1.807, 2.05) is 4.90 Å². The molecule has 126 valence electrons. The summed E-state index contributed by atoms with van der Waals surface area (Å²) in [4.78, 5) is 14.4. The van der Waals surface area contributed by atoms with Gasteiger partial charge < -0.3 is 19.1 Å².